The number of hydrogen-bond donors (Lipinski definition) is 1. The predicted molar refractivity (Wildman–Crippen MR) is 52.7 cm³/mol. The van der Waals surface area contributed by atoms with E-state index in [2.05, 4.69) is 14.9 Å². The molecular weight excluding hydrogens is 212 g/mol. The lowest BCUT2D eigenvalue weighted by atomic mass is 10.2. The van der Waals surface area contributed by atoms with Gasteiger partial charge in [-0.15, -0.1) is 0 Å². The second kappa shape index (κ2) is 4.01. The summed E-state index contributed by atoms with van der Waals surface area (Å²) >= 11 is 0. The number of nitrogens with zero attached hydrogens (tertiary/aromatic N) is 2. The number of aromatic hydroxyl groups is 1. The van der Waals surface area contributed by atoms with Crippen molar-refractivity contribution < 1.29 is 19.2 Å². The third kappa shape index (κ3) is 1.85. The van der Waals surface area contributed by atoms with Gasteiger partial charge in [0.15, 0.2) is 0 Å². The maximum absolute atomic E-state index is 11.1. The van der Waals surface area contributed by atoms with Crippen LogP contribution in [0, 0.1) is 0 Å². The fourth-order valence-corrected chi connectivity index (χ4v) is 1.16. The first kappa shape index (κ1) is 10.2. The van der Waals surface area contributed by atoms with Crippen LogP contribution < -0.4 is 0 Å². The van der Waals surface area contributed by atoms with Gasteiger partial charge in [0.1, 0.15) is 5.75 Å². The molecule has 0 unspecified atom stereocenters. The third-order valence-electron chi connectivity index (χ3n) is 1.89. The normalized spacial score (nSPS) is 10.1. The average Bonchev–Trinajstić information content (AvgIpc) is 2.77. The molecule has 0 atom stereocenters. The van der Waals surface area contributed by atoms with Crippen LogP contribution >= 0.6 is 0 Å². The van der Waals surface area contributed by atoms with Gasteiger partial charge < -0.3 is 14.4 Å². The van der Waals surface area contributed by atoms with Crippen molar-refractivity contribution in [1.29, 1.82) is 0 Å². The lowest BCUT2D eigenvalue weighted by Crippen LogP contribution is -2.00. The molecule has 0 fully saturated rings. The molecule has 0 radical (unpaired) electrons. The van der Waals surface area contributed by atoms with Gasteiger partial charge in [0.05, 0.1) is 7.11 Å². The number of carbonyl (C=O) groups excluding carboxylic acids is 1. The number of phenolic OH excluding ortho intramolecular Hbond substituents is 1. The highest BCUT2D eigenvalue weighted by molar-refractivity contribution is 5.84. The van der Waals surface area contributed by atoms with Crippen molar-refractivity contribution in [3.05, 3.63) is 30.2 Å². The van der Waals surface area contributed by atoms with Crippen molar-refractivity contribution in [3.63, 3.8) is 0 Å². The molecule has 6 nitrogen and oxygen atoms in total. The van der Waals surface area contributed by atoms with Gasteiger partial charge in [-0.2, -0.15) is 4.98 Å². The van der Waals surface area contributed by atoms with Crippen LogP contribution in [-0.2, 0) is 4.74 Å². The van der Waals surface area contributed by atoms with Crippen LogP contribution in [0.4, 0.5) is 0 Å². The summed E-state index contributed by atoms with van der Waals surface area (Å²) in [5.74, 6) is -0.613. The largest absolute Gasteiger partial charge is 0.508 e. The molecule has 2 rings (SSSR count). The molecule has 0 saturated heterocycles. The standard InChI is InChI=1S/C10H8N2O4/c1-15-10(14)9-11-8(12-16-9)6-3-2-4-7(13)5-6/h2-5,13H,1H3. The summed E-state index contributed by atoms with van der Waals surface area (Å²) in [6.07, 6.45) is 0. The van der Waals surface area contributed by atoms with Gasteiger partial charge in [-0.05, 0) is 12.1 Å². The fraction of sp³-hybridized carbons (Fsp3) is 0.100. The minimum Gasteiger partial charge on any atom is -0.508 e. The van der Waals surface area contributed by atoms with Crippen LogP contribution in [0.15, 0.2) is 28.8 Å². The molecule has 16 heavy (non-hydrogen) atoms. The number of aromatic nitrogens is 2. The zero-order chi connectivity index (χ0) is 11.5. The highest BCUT2D eigenvalue weighted by atomic mass is 16.6. The van der Waals surface area contributed by atoms with E-state index < -0.39 is 5.97 Å². The van der Waals surface area contributed by atoms with Crippen molar-refractivity contribution in [2.24, 2.45) is 0 Å². The van der Waals surface area contributed by atoms with Gasteiger partial charge in [-0.25, -0.2) is 4.79 Å². The van der Waals surface area contributed by atoms with Gasteiger partial charge in [0.2, 0.25) is 5.82 Å². The number of phenols is 1. The Morgan fingerprint density at radius 3 is 3.00 bits per heavy atom. The smallest absolute Gasteiger partial charge is 0.397 e. The van der Waals surface area contributed by atoms with Crippen LogP contribution in [-0.4, -0.2) is 28.3 Å². The molecule has 2 aromatic rings. The molecule has 0 amide bonds. The number of methoxy groups -OCH3 is 1. The third-order valence-corrected chi connectivity index (χ3v) is 1.89. The first-order valence-electron chi connectivity index (χ1n) is 4.42. The maximum Gasteiger partial charge on any atom is 0.397 e. The Morgan fingerprint density at radius 2 is 2.31 bits per heavy atom. The molecule has 6 heteroatoms. The molecule has 1 aromatic heterocycles. The summed E-state index contributed by atoms with van der Waals surface area (Å²) in [4.78, 5) is 14.9. The first-order chi connectivity index (χ1) is 7.70. The van der Waals surface area contributed by atoms with Gasteiger partial charge >= 0.3 is 11.9 Å². The fourth-order valence-electron chi connectivity index (χ4n) is 1.16. The van der Waals surface area contributed by atoms with E-state index in [0.29, 0.717) is 5.56 Å². The molecule has 0 saturated carbocycles. The molecule has 0 spiro atoms. The second-order valence-corrected chi connectivity index (χ2v) is 2.97. The topological polar surface area (TPSA) is 85.5 Å². The summed E-state index contributed by atoms with van der Waals surface area (Å²) in [5.41, 5.74) is 0.555. The van der Waals surface area contributed by atoms with E-state index in [9.17, 15) is 9.90 Å². The Kier molecular flexibility index (Phi) is 2.55. The van der Waals surface area contributed by atoms with Crippen LogP contribution in [0.5, 0.6) is 5.75 Å². The van der Waals surface area contributed by atoms with Crippen molar-refractivity contribution in [2.45, 2.75) is 0 Å². The average molecular weight is 220 g/mol. The van der Waals surface area contributed by atoms with Crippen LogP contribution in [0.2, 0.25) is 0 Å². The van der Waals surface area contributed by atoms with E-state index in [1.165, 1.54) is 19.2 Å². The summed E-state index contributed by atoms with van der Waals surface area (Å²) < 4.78 is 9.12. The monoisotopic (exact) mass is 220 g/mol. The minimum absolute atomic E-state index is 0.0851. The summed E-state index contributed by atoms with van der Waals surface area (Å²) in [5, 5.41) is 12.9. The van der Waals surface area contributed by atoms with E-state index in [0.717, 1.165) is 0 Å². The molecule has 0 aliphatic carbocycles. The molecule has 0 bridgehead atoms. The zero-order valence-electron chi connectivity index (χ0n) is 8.38. The molecule has 82 valence electrons. The molecule has 1 N–H and O–H groups in total. The number of ether oxygens (including phenoxy) is 1. The van der Waals surface area contributed by atoms with Crippen molar-refractivity contribution in [2.75, 3.05) is 7.11 Å². The summed E-state index contributed by atoms with van der Waals surface area (Å²) in [6, 6.07) is 6.31. The maximum atomic E-state index is 11.1. The molecule has 0 aliphatic rings. The number of esters is 1. The molecule has 0 aliphatic heterocycles. The Balaban J connectivity index is 2.35. The van der Waals surface area contributed by atoms with Gasteiger partial charge in [0.25, 0.3) is 0 Å². The van der Waals surface area contributed by atoms with Crippen LogP contribution in [0.25, 0.3) is 11.4 Å². The van der Waals surface area contributed by atoms with E-state index >= 15 is 0 Å². The van der Waals surface area contributed by atoms with Gasteiger partial charge in [-0.3, -0.25) is 0 Å². The highest BCUT2D eigenvalue weighted by Gasteiger charge is 2.16. The first-order valence-corrected chi connectivity index (χ1v) is 4.42. The lowest BCUT2D eigenvalue weighted by molar-refractivity contribution is 0.0545. The number of rotatable bonds is 2. The van der Waals surface area contributed by atoms with E-state index in [4.69, 9.17) is 4.52 Å². The van der Waals surface area contributed by atoms with Crippen molar-refractivity contribution >= 4 is 5.97 Å². The van der Waals surface area contributed by atoms with Crippen molar-refractivity contribution in [1.82, 2.24) is 10.1 Å². The number of hydrogen-bond acceptors (Lipinski definition) is 6. The molecular formula is C10H8N2O4. The van der Waals surface area contributed by atoms with E-state index in [1.807, 2.05) is 0 Å². The van der Waals surface area contributed by atoms with Crippen LogP contribution in [0.1, 0.15) is 10.7 Å². The van der Waals surface area contributed by atoms with E-state index in [-0.39, 0.29) is 17.5 Å². The van der Waals surface area contributed by atoms with Crippen LogP contribution in [0.3, 0.4) is 0 Å². The Labute approximate surface area is 90.5 Å². The van der Waals surface area contributed by atoms with Gasteiger partial charge in [-0.1, -0.05) is 17.3 Å². The summed E-state index contributed by atoms with van der Waals surface area (Å²) in [7, 11) is 1.22. The zero-order valence-corrected chi connectivity index (χ0v) is 8.38. The minimum atomic E-state index is -0.695. The number of carbonyl (C=O) groups is 1. The van der Waals surface area contributed by atoms with Crippen molar-refractivity contribution in [3.8, 4) is 17.1 Å². The van der Waals surface area contributed by atoms with Gasteiger partial charge in [0, 0.05) is 5.56 Å². The molecule has 1 aromatic carbocycles. The number of benzene rings is 1. The predicted octanol–water partition coefficient (Wildman–Crippen LogP) is 1.23. The molecule has 1 heterocycles. The lowest BCUT2D eigenvalue weighted by Gasteiger charge is -1.94. The Bertz CT molecular complexity index is 521. The quantitative estimate of drug-likeness (QED) is 0.766. The SMILES string of the molecule is COC(=O)c1nc(-c2cccc(O)c2)no1. The Morgan fingerprint density at radius 1 is 1.50 bits per heavy atom. The van der Waals surface area contributed by atoms with E-state index in [1.54, 1.807) is 12.1 Å². The Hall–Kier alpha value is -2.37. The summed E-state index contributed by atoms with van der Waals surface area (Å²) in [6.45, 7) is 0. The highest BCUT2D eigenvalue weighted by Crippen LogP contribution is 2.20. The second-order valence-electron chi connectivity index (χ2n) is 2.97.